The number of nitrogens with zero attached hydrogens (tertiary/aromatic N) is 2. The molecule has 2 heterocycles. The molecule has 1 saturated heterocycles. The first kappa shape index (κ1) is 16.0. The molecule has 5 nitrogen and oxygen atoms in total. The van der Waals surface area contributed by atoms with Crippen molar-refractivity contribution >= 4 is 0 Å². The van der Waals surface area contributed by atoms with Crippen molar-refractivity contribution in [2.45, 2.75) is 39.1 Å². The maximum Gasteiger partial charge on any atom is 0.157 e. The van der Waals surface area contributed by atoms with Crippen LogP contribution in [-0.4, -0.2) is 35.1 Å². The van der Waals surface area contributed by atoms with E-state index in [1.54, 1.807) is 12.3 Å². The molecule has 1 aromatic carbocycles. The van der Waals surface area contributed by atoms with E-state index in [0.717, 1.165) is 17.9 Å². The Morgan fingerprint density at radius 3 is 3.09 bits per heavy atom. The largest absolute Gasteiger partial charge is 0.483 e. The molecule has 1 aliphatic rings. The lowest BCUT2D eigenvalue weighted by atomic mass is 10.1. The monoisotopic (exact) mass is 319 g/mol. The summed E-state index contributed by atoms with van der Waals surface area (Å²) in [4.78, 5) is 0. The molecule has 1 N–H and O–H groups in total. The van der Waals surface area contributed by atoms with Crippen molar-refractivity contribution in [3.63, 3.8) is 0 Å². The molecule has 0 aliphatic carbocycles. The van der Waals surface area contributed by atoms with Gasteiger partial charge < -0.3 is 14.8 Å². The van der Waals surface area contributed by atoms with Crippen LogP contribution in [-0.2, 0) is 17.8 Å². The molecule has 0 bridgehead atoms. The zero-order valence-electron chi connectivity index (χ0n) is 13.5. The highest BCUT2D eigenvalue weighted by Gasteiger charge is 2.30. The van der Waals surface area contributed by atoms with Gasteiger partial charge in [0.1, 0.15) is 11.9 Å². The first-order chi connectivity index (χ1) is 11.2. The average molecular weight is 319 g/mol. The van der Waals surface area contributed by atoms with E-state index in [1.165, 1.54) is 6.07 Å². The number of ether oxygens (including phenoxy) is 2. The Morgan fingerprint density at radius 2 is 2.30 bits per heavy atom. The van der Waals surface area contributed by atoms with Gasteiger partial charge in [-0.05, 0) is 19.9 Å². The summed E-state index contributed by atoms with van der Waals surface area (Å²) in [7, 11) is 0. The van der Waals surface area contributed by atoms with Gasteiger partial charge in [0, 0.05) is 18.7 Å². The van der Waals surface area contributed by atoms with Gasteiger partial charge in [0.05, 0.1) is 31.6 Å². The summed E-state index contributed by atoms with van der Waals surface area (Å²) in [5.41, 5.74) is 1.71. The van der Waals surface area contributed by atoms with E-state index < -0.39 is 0 Å². The number of rotatable bonds is 6. The zero-order chi connectivity index (χ0) is 16.2. The summed E-state index contributed by atoms with van der Waals surface area (Å²) in [6.07, 6.45) is 3.48. The number of nitrogens with one attached hydrogen (secondary N) is 1. The Morgan fingerprint density at radius 1 is 1.43 bits per heavy atom. The van der Waals surface area contributed by atoms with Gasteiger partial charge in [-0.1, -0.05) is 17.7 Å². The van der Waals surface area contributed by atoms with Gasteiger partial charge in [-0.25, -0.2) is 4.39 Å². The Balaban J connectivity index is 1.59. The quantitative estimate of drug-likeness (QED) is 0.887. The third kappa shape index (κ3) is 3.89. The maximum absolute atomic E-state index is 13.8. The highest BCUT2D eigenvalue weighted by atomic mass is 19.1. The average Bonchev–Trinajstić information content (AvgIpc) is 3.18. The molecule has 124 valence electrons. The van der Waals surface area contributed by atoms with Crippen molar-refractivity contribution < 1.29 is 13.9 Å². The molecule has 3 rings (SSSR count). The van der Waals surface area contributed by atoms with Crippen molar-refractivity contribution in [1.29, 1.82) is 0 Å². The van der Waals surface area contributed by atoms with E-state index in [9.17, 15) is 4.39 Å². The van der Waals surface area contributed by atoms with Crippen molar-refractivity contribution in [2.24, 2.45) is 0 Å². The topological polar surface area (TPSA) is 48.3 Å². The first-order valence-corrected chi connectivity index (χ1v) is 7.91. The second kappa shape index (κ2) is 7.10. The molecule has 0 radical (unpaired) electrons. The van der Waals surface area contributed by atoms with Crippen LogP contribution in [0.3, 0.4) is 0 Å². The van der Waals surface area contributed by atoms with Gasteiger partial charge in [0.25, 0.3) is 0 Å². The summed E-state index contributed by atoms with van der Waals surface area (Å²) >= 11 is 0. The molecule has 0 unspecified atom stereocenters. The smallest absolute Gasteiger partial charge is 0.157 e. The predicted octanol–water partition coefficient (Wildman–Crippen LogP) is 2.29. The van der Waals surface area contributed by atoms with Crippen molar-refractivity contribution in [2.75, 3.05) is 13.2 Å². The normalized spacial score (nSPS) is 20.8. The minimum absolute atomic E-state index is 0.0277. The molecule has 1 fully saturated rings. The van der Waals surface area contributed by atoms with Gasteiger partial charge in [0.2, 0.25) is 0 Å². The molecule has 6 heteroatoms. The summed E-state index contributed by atoms with van der Waals surface area (Å²) in [6, 6.07) is 5.17. The fourth-order valence-corrected chi connectivity index (χ4v) is 2.67. The number of halogens is 1. The Labute approximate surface area is 135 Å². The lowest BCUT2D eigenvalue weighted by molar-refractivity contribution is 0.139. The van der Waals surface area contributed by atoms with Gasteiger partial charge >= 0.3 is 0 Å². The number of benzene rings is 1. The van der Waals surface area contributed by atoms with Crippen LogP contribution in [0.5, 0.6) is 5.75 Å². The molecule has 0 amide bonds. The zero-order valence-corrected chi connectivity index (χ0v) is 13.5. The minimum Gasteiger partial charge on any atom is -0.483 e. The van der Waals surface area contributed by atoms with Crippen molar-refractivity contribution in [3.05, 3.63) is 47.5 Å². The van der Waals surface area contributed by atoms with Crippen LogP contribution in [0.15, 0.2) is 30.6 Å². The van der Waals surface area contributed by atoms with Gasteiger partial charge in [-0.2, -0.15) is 5.10 Å². The lowest BCUT2D eigenvalue weighted by Crippen LogP contribution is -2.41. The van der Waals surface area contributed by atoms with Crippen LogP contribution >= 0.6 is 0 Å². The van der Waals surface area contributed by atoms with Gasteiger partial charge in [0.15, 0.2) is 5.75 Å². The van der Waals surface area contributed by atoms with Crippen molar-refractivity contribution in [3.8, 4) is 5.75 Å². The summed E-state index contributed by atoms with van der Waals surface area (Å²) in [5, 5.41) is 7.54. The van der Waals surface area contributed by atoms with Gasteiger partial charge in [-0.15, -0.1) is 0 Å². The molecule has 2 aromatic rings. The van der Waals surface area contributed by atoms with E-state index in [2.05, 4.69) is 10.4 Å². The molecule has 1 aromatic heterocycles. The summed E-state index contributed by atoms with van der Waals surface area (Å²) in [5.74, 6) is 0.541. The summed E-state index contributed by atoms with van der Waals surface area (Å²) < 4.78 is 27.1. The fourth-order valence-electron chi connectivity index (χ4n) is 2.67. The standard InChI is InChI=1S/C17H22FN3O2/c1-3-21-9-14(8-20-21)23-17-11-22-10-16(17)19-7-13-6-12(2)4-5-15(13)18/h4-6,8-9,16-17,19H,3,7,10-11H2,1-2H3/t16-,17+/m0/s1. The Bertz CT molecular complexity index is 659. The second-order valence-electron chi connectivity index (χ2n) is 5.81. The van der Waals surface area contributed by atoms with Crippen LogP contribution in [0.2, 0.25) is 0 Å². The molecule has 0 spiro atoms. The van der Waals surface area contributed by atoms with E-state index in [-0.39, 0.29) is 18.0 Å². The first-order valence-electron chi connectivity index (χ1n) is 7.91. The molecule has 0 saturated carbocycles. The predicted molar refractivity (Wildman–Crippen MR) is 84.9 cm³/mol. The lowest BCUT2D eigenvalue weighted by Gasteiger charge is -2.20. The van der Waals surface area contributed by atoms with Crippen LogP contribution < -0.4 is 10.1 Å². The molecule has 1 aliphatic heterocycles. The molecular formula is C17H22FN3O2. The molecular weight excluding hydrogens is 297 g/mol. The fraction of sp³-hybridized carbons (Fsp3) is 0.471. The van der Waals surface area contributed by atoms with Crippen LogP contribution in [0.4, 0.5) is 4.39 Å². The third-order valence-electron chi connectivity index (χ3n) is 4.01. The second-order valence-corrected chi connectivity index (χ2v) is 5.81. The van der Waals surface area contributed by atoms with Crippen LogP contribution in [0.1, 0.15) is 18.1 Å². The Hall–Kier alpha value is -1.92. The number of aryl methyl sites for hydroxylation is 2. The van der Waals surface area contributed by atoms with Gasteiger partial charge in [-0.3, -0.25) is 4.68 Å². The van der Waals surface area contributed by atoms with E-state index in [1.807, 2.05) is 30.8 Å². The SMILES string of the molecule is CCn1cc(O[C@@H]2COC[C@@H]2NCc2cc(C)ccc2F)cn1. The molecule has 23 heavy (non-hydrogen) atoms. The maximum atomic E-state index is 13.8. The van der Waals surface area contributed by atoms with E-state index >= 15 is 0 Å². The number of hydrogen-bond acceptors (Lipinski definition) is 4. The summed E-state index contributed by atoms with van der Waals surface area (Å²) in [6.45, 7) is 6.31. The number of aromatic nitrogens is 2. The minimum atomic E-state index is -0.191. The van der Waals surface area contributed by atoms with E-state index in [0.29, 0.717) is 25.3 Å². The van der Waals surface area contributed by atoms with Crippen molar-refractivity contribution in [1.82, 2.24) is 15.1 Å². The Kier molecular flexibility index (Phi) is 4.93. The van der Waals surface area contributed by atoms with Crippen LogP contribution in [0.25, 0.3) is 0 Å². The number of hydrogen-bond donors (Lipinski definition) is 1. The third-order valence-corrected chi connectivity index (χ3v) is 4.01. The highest BCUT2D eigenvalue weighted by molar-refractivity contribution is 5.24. The van der Waals surface area contributed by atoms with Crippen LogP contribution in [0, 0.1) is 12.7 Å². The molecule has 2 atom stereocenters. The highest BCUT2D eigenvalue weighted by Crippen LogP contribution is 2.17. The van der Waals surface area contributed by atoms with E-state index in [4.69, 9.17) is 9.47 Å².